The molecule has 0 saturated carbocycles. The summed E-state index contributed by atoms with van der Waals surface area (Å²) in [5.41, 5.74) is 2.51. The molecule has 2 aliphatic rings. The fourth-order valence-corrected chi connectivity index (χ4v) is 6.17. The Kier molecular flexibility index (Phi) is 6.33. The molecule has 1 atom stereocenters. The van der Waals surface area contributed by atoms with E-state index in [4.69, 9.17) is 14.2 Å². The molecule has 0 saturated heterocycles. The molecule has 0 amide bonds. The lowest BCUT2D eigenvalue weighted by Crippen LogP contribution is -2.21. The first-order valence-corrected chi connectivity index (χ1v) is 12.9. The molecule has 9 heteroatoms. The van der Waals surface area contributed by atoms with Crippen molar-refractivity contribution in [2.75, 3.05) is 13.4 Å². The van der Waals surface area contributed by atoms with Gasteiger partial charge in [0.2, 0.25) is 6.79 Å². The van der Waals surface area contributed by atoms with Gasteiger partial charge in [-0.15, -0.1) is 0 Å². The molecule has 2 heterocycles. The van der Waals surface area contributed by atoms with E-state index in [9.17, 15) is 14.7 Å². The fourth-order valence-electron chi connectivity index (χ4n) is 4.75. The van der Waals surface area contributed by atoms with Gasteiger partial charge in [0.15, 0.2) is 11.5 Å². The average molecular weight is 593 g/mol. The fraction of sp³-hybridized carbons (Fsp3) is 0.360. The van der Waals surface area contributed by atoms with Crippen LogP contribution in [0.4, 0.5) is 0 Å². The number of unbranched alkanes of at least 4 members (excludes halogenated alkanes) is 1. The number of carbonyl (C=O) groups is 2. The van der Waals surface area contributed by atoms with Crippen LogP contribution in [-0.4, -0.2) is 34.9 Å². The minimum Gasteiger partial charge on any atom is -0.491 e. The summed E-state index contributed by atoms with van der Waals surface area (Å²) in [6, 6.07) is 7.07. The first-order valence-electron chi connectivity index (χ1n) is 11.3. The van der Waals surface area contributed by atoms with Crippen molar-refractivity contribution in [3.8, 4) is 17.2 Å². The molecule has 1 unspecified atom stereocenters. The average Bonchev–Trinajstić information content (AvgIpc) is 3.40. The number of aromatic nitrogens is 1. The van der Waals surface area contributed by atoms with Crippen LogP contribution < -0.4 is 14.2 Å². The van der Waals surface area contributed by atoms with Gasteiger partial charge in [0.1, 0.15) is 5.75 Å². The number of rotatable bonds is 6. The molecule has 0 fully saturated rings. The number of carboxylic acid groups (broad SMARTS) is 1. The molecule has 34 heavy (non-hydrogen) atoms. The number of aliphatic carboxylic acids is 1. The van der Waals surface area contributed by atoms with Gasteiger partial charge in [-0.3, -0.25) is 14.2 Å². The van der Waals surface area contributed by atoms with Crippen LogP contribution in [0, 0.1) is 0 Å². The summed E-state index contributed by atoms with van der Waals surface area (Å²) in [5, 5.41) is 10.6. The number of carboxylic acids is 1. The third-order valence-corrected chi connectivity index (χ3v) is 7.53. The van der Waals surface area contributed by atoms with E-state index in [-0.39, 0.29) is 12.7 Å². The van der Waals surface area contributed by atoms with Crippen molar-refractivity contribution in [1.29, 1.82) is 0 Å². The van der Waals surface area contributed by atoms with Gasteiger partial charge in [-0.2, -0.15) is 0 Å². The van der Waals surface area contributed by atoms with Crippen LogP contribution in [0.15, 0.2) is 33.2 Å². The Morgan fingerprint density at radius 3 is 2.53 bits per heavy atom. The van der Waals surface area contributed by atoms with E-state index >= 15 is 0 Å². The third-order valence-electron chi connectivity index (χ3n) is 6.35. The molecular formula is C25H23Br2NO6. The smallest absolute Gasteiger partial charge is 0.311 e. The first kappa shape index (κ1) is 23.2. The van der Waals surface area contributed by atoms with E-state index in [1.807, 2.05) is 0 Å². The number of hydrogen-bond acceptors (Lipinski definition) is 5. The van der Waals surface area contributed by atoms with E-state index in [1.54, 1.807) is 28.8 Å². The molecule has 2 aromatic carbocycles. The van der Waals surface area contributed by atoms with Crippen molar-refractivity contribution in [2.24, 2.45) is 0 Å². The van der Waals surface area contributed by atoms with E-state index in [0.29, 0.717) is 68.7 Å². The predicted octanol–water partition coefficient (Wildman–Crippen LogP) is 6.27. The highest BCUT2D eigenvalue weighted by atomic mass is 79.9. The molecular weight excluding hydrogens is 570 g/mol. The van der Waals surface area contributed by atoms with Crippen LogP contribution in [0.2, 0.25) is 0 Å². The highest BCUT2D eigenvalue weighted by Crippen LogP contribution is 2.45. The van der Waals surface area contributed by atoms with Gasteiger partial charge in [0.05, 0.1) is 27.0 Å². The highest BCUT2D eigenvalue weighted by molar-refractivity contribution is 9.11. The van der Waals surface area contributed by atoms with Crippen molar-refractivity contribution >= 4 is 54.6 Å². The van der Waals surface area contributed by atoms with Gasteiger partial charge < -0.3 is 19.3 Å². The highest BCUT2D eigenvalue weighted by Gasteiger charge is 2.35. The summed E-state index contributed by atoms with van der Waals surface area (Å²) in [5.74, 6) is -0.0342. The lowest BCUT2D eigenvalue weighted by molar-refractivity contribution is -0.139. The molecule has 178 valence electrons. The molecule has 5 rings (SSSR count). The summed E-state index contributed by atoms with van der Waals surface area (Å²) in [6.45, 7) is 2.78. The molecule has 1 aliphatic carbocycles. The normalized spacial score (nSPS) is 16.5. The van der Waals surface area contributed by atoms with Crippen LogP contribution in [0.25, 0.3) is 10.9 Å². The van der Waals surface area contributed by atoms with Gasteiger partial charge in [-0.1, -0.05) is 13.3 Å². The zero-order chi connectivity index (χ0) is 24.0. The van der Waals surface area contributed by atoms with Gasteiger partial charge in [-0.25, -0.2) is 0 Å². The molecule has 7 nitrogen and oxygen atoms in total. The molecule has 0 spiro atoms. The maximum absolute atomic E-state index is 13.9. The van der Waals surface area contributed by atoms with Crippen LogP contribution in [-0.2, 0) is 11.2 Å². The van der Waals surface area contributed by atoms with Crippen molar-refractivity contribution in [2.45, 2.75) is 44.9 Å². The lowest BCUT2D eigenvalue weighted by atomic mass is 9.85. The number of ether oxygens (including phenoxy) is 3. The number of nitrogens with zero attached hydrogens (tertiary/aromatic N) is 1. The van der Waals surface area contributed by atoms with Crippen molar-refractivity contribution in [3.05, 3.63) is 50.0 Å². The minimum atomic E-state index is -0.885. The zero-order valence-corrected chi connectivity index (χ0v) is 21.7. The second-order valence-corrected chi connectivity index (χ2v) is 10.2. The maximum atomic E-state index is 13.9. The first-order chi connectivity index (χ1) is 16.4. The SMILES string of the molecule is CCCCOc1c(Br)cc(C(=O)n2c3c(c4cc5c(cc42)OCO5)C(C(=O)O)CCC3)cc1Br. The third kappa shape index (κ3) is 3.88. The van der Waals surface area contributed by atoms with Gasteiger partial charge in [0, 0.05) is 22.7 Å². The molecule has 3 aromatic rings. The van der Waals surface area contributed by atoms with E-state index in [0.717, 1.165) is 23.9 Å². The van der Waals surface area contributed by atoms with Gasteiger partial charge in [-0.05, 0) is 81.3 Å². The van der Waals surface area contributed by atoms with Crippen molar-refractivity contribution in [1.82, 2.24) is 4.57 Å². The Morgan fingerprint density at radius 2 is 1.85 bits per heavy atom. The molecule has 0 bridgehead atoms. The Morgan fingerprint density at radius 1 is 1.15 bits per heavy atom. The topological polar surface area (TPSA) is 87.0 Å². The molecule has 0 radical (unpaired) electrons. The number of benzene rings is 2. The van der Waals surface area contributed by atoms with E-state index < -0.39 is 11.9 Å². The standard InChI is InChI=1S/C25H23Br2NO6/c1-2-3-7-32-23-16(26)8-13(9-17(23)27)24(29)28-18-6-4-5-14(25(30)31)22(18)15-10-20-21(11-19(15)28)34-12-33-20/h8-11,14H,2-7,12H2,1H3,(H,30,31). The van der Waals surface area contributed by atoms with Crippen molar-refractivity contribution in [3.63, 3.8) is 0 Å². The van der Waals surface area contributed by atoms with Gasteiger partial charge in [0.25, 0.3) is 5.91 Å². The minimum absolute atomic E-state index is 0.0970. The largest absolute Gasteiger partial charge is 0.491 e. The summed E-state index contributed by atoms with van der Waals surface area (Å²) in [6.07, 6.45) is 3.80. The van der Waals surface area contributed by atoms with E-state index in [1.165, 1.54) is 0 Å². The second-order valence-electron chi connectivity index (χ2n) is 8.48. The number of carbonyl (C=O) groups excluding carboxylic acids is 1. The van der Waals surface area contributed by atoms with Crippen LogP contribution in [0.1, 0.15) is 60.1 Å². The van der Waals surface area contributed by atoms with Crippen molar-refractivity contribution < 1.29 is 28.9 Å². The van der Waals surface area contributed by atoms with Crippen LogP contribution >= 0.6 is 31.9 Å². The van der Waals surface area contributed by atoms with Gasteiger partial charge >= 0.3 is 5.97 Å². The Bertz CT molecular complexity index is 1290. The monoisotopic (exact) mass is 591 g/mol. The molecule has 1 aromatic heterocycles. The Balaban J connectivity index is 1.66. The predicted molar refractivity (Wildman–Crippen MR) is 133 cm³/mol. The Labute approximate surface area is 213 Å². The molecule has 1 N–H and O–H groups in total. The Hall–Kier alpha value is -2.52. The molecule has 1 aliphatic heterocycles. The quantitative estimate of drug-likeness (QED) is 0.340. The van der Waals surface area contributed by atoms with Crippen LogP contribution in [0.3, 0.4) is 0 Å². The number of fused-ring (bicyclic) bond motifs is 4. The van der Waals surface area contributed by atoms with Crippen LogP contribution in [0.5, 0.6) is 17.2 Å². The zero-order valence-electron chi connectivity index (χ0n) is 18.5. The summed E-state index contributed by atoms with van der Waals surface area (Å²) in [7, 11) is 0. The number of hydrogen-bond donors (Lipinski definition) is 1. The second kappa shape index (κ2) is 9.26. The summed E-state index contributed by atoms with van der Waals surface area (Å²) >= 11 is 7.09. The summed E-state index contributed by atoms with van der Waals surface area (Å²) < 4.78 is 20.0. The lowest BCUT2D eigenvalue weighted by Gasteiger charge is -2.21. The number of halogens is 2. The summed E-state index contributed by atoms with van der Waals surface area (Å²) in [4.78, 5) is 26.0. The maximum Gasteiger partial charge on any atom is 0.311 e. The van der Waals surface area contributed by atoms with E-state index in [2.05, 4.69) is 38.8 Å².